The van der Waals surface area contributed by atoms with Crippen molar-refractivity contribution in [2.45, 2.75) is 12.5 Å². The van der Waals surface area contributed by atoms with Crippen molar-refractivity contribution in [3.8, 4) is 5.75 Å². The molecule has 0 amide bonds. The fourth-order valence-electron chi connectivity index (χ4n) is 2.46. The second-order valence-electron chi connectivity index (χ2n) is 4.70. The summed E-state index contributed by atoms with van der Waals surface area (Å²) >= 11 is 6.76. The first-order chi connectivity index (χ1) is 9.58. The molecule has 1 unspecified atom stereocenters. The fourth-order valence-corrected chi connectivity index (χ4v) is 3.49. The van der Waals surface area contributed by atoms with Crippen molar-refractivity contribution < 1.29 is 9.13 Å². The van der Waals surface area contributed by atoms with Gasteiger partial charge in [0.15, 0.2) is 0 Å². The van der Waals surface area contributed by atoms with Crippen LogP contribution in [0.15, 0.2) is 39.3 Å². The van der Waals surface area contributed by atoms with Crippen molar-refractivity contribution in [1.82, 2.24) is 0 Å². The Morgan fingerprint density at radius 2 is 2.00 bits per heavy atom. The van der Waals surface area contributed by atoms with Crippen LogP contribution in [0.1, 0.15) is 22.7 Å². The van der Waals surface area contributed by atoms with Gasteiger partial charge in [-0.05, 0) is 45.3 Å². The summed E-state index contributed by atoms with van der Waals surface area (Å²) < 4.78 is 20.7. The molecule has 0 fully saturated rings. The zero-order valence-corrected chi connectivity index (χ0v) is 13.7. The Bertz CT molecular complexity index is 675. The molecule has 2 aromatic carbocycles. The Morgan fingerprint density at radius 3 is 2.80 bits per heavy atom. The highest BCUT2D eigenvalue weighted by Gasteiger charge is 2.24. The molecule has 0 saturated carbocycles. The molecule has 3 rings (SSSR count). The van der Waals surface area contributed by atoms with Crippen LogP contribution in [0.3, 0.4) is 0 Å². The molecule has 1 atom stereocenters. The molecule has 1 heterocycles. The van der Waals surface area contributed by atoms with E-state index in [1.165, 1.54) is 6.07 Å². The second kappa shape index (κ2) is 5.47. The van der Waals surface area contributed by atoms with E-state index in [9.17, 15) is 4.39 Å². The van der Waals surface area contributed by atoms with Gasteiger partial charge in [-0.3, -0.25) is 0 Å². The lowest BCUT2D eigenvalue weighted by Crippen LogP contribution is -2.14. The smallest absolute Gasteiger partial charge is 0.137 e. The molecule has 0 radical (unpaired) electrons. The van der Waals surface area contributed by atoms with Crippen LogP contribution in [0.2, 0.25) is 0 Å². The molecule has 20 heavy (non-hydrogen) atoms. The van der Waals surface area contributed by atoms with E-state index in [0.29, 0.717) is 16.6 Å². The Morgan fingerprint density at radius 1 is 1.20 bits per heavy atom. The molecule has 0 bridgehead atoms. The Hall–Kier alpha value is -0.910. The zero-order valence-electron chi connectivity index (χ0n) is 10.5. The highest BCUT2D eigenvalue weighted by atomic mass is 79.9. The van der Waals surface area contributed by atoms with Crippen LogP contribution < -0.4 is 10.5 Å². The molecule has 104 valence electrons. The zero-order chi connectivity index (χ0) is 14.3. The van der Waals surface area contributed by atoms with E-state index >= 15 is 0 Å². The largest absolute Gasteiger partial charge is 0.493 e. The van der Waals surface area contributed by atoms with Crippen molar-refractivity contribution in [1.29, 1.82) is 0 Å². The summed E-state index contributed by atoms with van der Waals surface area (Å²) in [5.74, 6) is 0.516. The first-order valence-corrected chi connectivity index (χ1v) is 7.81. The molecule has 1 aliphatic heterocycles. The molecule has 1 aliphatic rings. The fraction of sp³-hybridized carbons (Fsp3) is 0.200. The summed E-state index contributed by atoms with van der Waals surface area (Å²) in [4.78, 5) is 0. The molecule has 0 aromatic heterocycles. The number of hydrogen-bond donors (Lipinski definition) is 1. The number of hydrogen-bond acceptors (Lipinski definition) is 2. The van der Waals surface area contributed by atoms with Gasteiger partial charge in [0.05, 0.1) is 17.1 Å². The van der Waals surface area contributed by atoms with E-state index in [2.05, 4.69) is 31.9 Å². The van der Waals surface area contributed by atoms with Crippen molar-refractivity contribution in [3.05, 3.63) is 61.8 Å². The van der Waals surface area contributed by atoms with E-state index in [-0.39, 0.29) is 5.82 Å². The lowest BCUT2D eigenvalue weighted by Gasteiger charge is -2.18. The number of rotatable bonds is 2. The van der Waals surface area contributed by atoms with Gasteiger partial charge in [0, 0.05) is 16.5 Å². The topological polar surface area (TPSA) is 35.2 Å². The quantitative estimate of drug-likeness (QED) is 0.813. The number of nitrogens with two attached hydrogens (primary N) is 1. The number of ether oxygens (including phenoxy) is 1. The van der Waals surface area contributed by atoms with E-state index in [1.54, 1.807) is 6.07 Å². The standard InChI is InChI=1S/C15H12Br2FNO/c16-9-6-8-4-5-20-15(8)11(7-9)14(19)10-2-1-3-12(18)13(10)17/h1-3,6-7,14H,4-5,19H2. The maximum atomic E-state index is 13.7. The Balaban J connectivity index is 2.11. The SMILES string of the molecule is NC(c1cccc(F)c1Br)c1cc(Br)cc2c1OCC2. The monoisotopic (exact) mass is 399 g/mol. The van der Waals surface area contributed by atoms with E-state index in [1.807, 2.05) is 18.2 Å². The second-order valence-corrected chi connectivity index (χ2v) is 6.41. The normalized spacial score (nSPS) is 14.8. The summed E-state index contributed by atoms with van der Waals surface area (Å²) in [5.41, 5.74) is 9.05. The molecule has 2 nitrogen and oxygen atoms in total. The summed E-state index contributed by atoms with van der Waals surface area (Å²) in [7, 11) is 0. The van der Waals surface area contributed by atoms with Gasteiger partial charge < -0.3 is 10.5 Å². The summed E-state index contributed by atoms with van der Waals surface area (Å²) in [6, 6.07) is 8.42. The van der Waals surface area contributed by atoms with Gasteiger partial charge in [0.25, 0.3) is 0 Å². The van der Waals surface area contributed by atoms with E-state index < -0.39 is 6.04 Å². The lowest BCUT2D eigenvalue weighted by molar-refractivity contribution is 0.352. The molecule has 2 aromatic rings. The number of benzene rings is 2. The highest BCUT2D eigenvalue weighted by molar-refractivity contribution is 9.10. The maximum absolute atomic E-state index is 13.7. The molecule has 5 heteroatoms. The van der Waals surface area contributed by atoms with Gasteiger partial charge in [0.1, 0.15) is 11.6 Å². The lowest BCUT2D eigenvalue weighted by atomic mass is 9.96. The van der Waals surface area contributed by atoms with Gasteiger partial charge in [-0.1, -0.05) is 28.1 Å². The minimum atomic E-state index is -0.440. The molecule has 0 saturated heterocycles. The third-order valence-corrected chi connectivity index (χ3v) is 4.72. The Kier molecular flexibility index (Phi) is 3.84. The Labute approximate surface area is 133 Å². The van der Waals surface area contributed by atoms with Crippen LogP contribution in [0.4, 0.5) is 4.39 Å². The first kappa shape index (κ1) is 14.0. The van der Waals surface area contributed by atoms with Crippen molar-refractivity contribution >= 4 is 31.9 Å². The van der Waals surface area contributed by atoms with Gasteiger partial charge in [-0.2, -0.15) is 0 Å². The van der Waals surface area contributed by atoms with Crippen LogP contribution in [0.5, 0.6) is 5.75 Å². The number of halogens is 3. The summed E-state index contributed by atoms with van der Waals surface area (Å²) in [6.45, 7) is 0.663. The van der Waals surface area contributed by atoms with Crippen LogP contribution in [0, 0.1) is 5.82 Å². The third-order valence-electron chi connectivity index (χ3n) is 3.43. The van der Waals surface area contributed by atoms with Gasteiger partial charge in [-0.25, -0.2) is 4.39 Å². The molecule has 0 aliphatic carbocycles. The molecule has 2 N–H and O–H groups in total. The van der Waals surface area contributed by atoms with Crippen LogP contribution in [0.25, 0.3) is 0 Å². The predicted molar refractivity (Wildman–Crippen MR) is 83.5 cm³/mol. The van der Waals surface area contributed by atoms with Gasteiger partial charge in [0.2, 0.25) is 0 Å². The van der Waals surface area contributed by atoms with Crippen LogP contribution >= 0.6 is 31.9 Å². The third kappa shape index (κ3) is 2.38. The van der Waals surface area contributed by atoms with Crippen molar-refractivity contribution in [3.63, 3.8) is 0 Å². The molecular formula is C15H12Br2FNO. The molecular weight excluding hydrogens is 389 g/mol. The van der Waals surface area contributed by atoms with Crippen LogP contribution in [-0.2, 0) is 6.42 Å². The van der Waals surface area contributed by atoms with Crippen LogP contribution in [-0.4, -0.2) is 6.61 Å². The van der Waals surface area contributed by atoms with E-state index in [4.69, 9.17) is 10.5 Å². The molecule has 0 spiro atoms. The first-order valence-electron chi connectivity index (χ1n) is 6.22. The average molecular weight is 401 g/mol. The average Bonchev–Trinajstić information content (AvgIpc) is 2.88. The van der Waals surface area contributed by atoms with Crippen molar-refractivity contribution in [2.24, 2.45) is 5.73 Å². The number of fused-ring (bicyclic) bond motifs is 1. The summed E-state index contributed by atoms with van der Waals surface area (Å²) in [6.07, 6.45) is 0.874. The minimum Gasteiger partial charge on any atom is -0.493 e. The predicted octanol–water partition coefficient (Wildman–Crippen LogP) is 4.33. The van der Waals surface area contributed by atoms with E-state index in [0.717, 1.165) is 27.8 Å². The van der Waals surface area contributed by atoms with Crippen molar-refractivity contribution in [2.75, 3.05) is 6.61 Å². The van der Waals surface area contributed by atoms with Gasteiger partial charge >= 0.3 is 0 Å². The maximum Gasteiger partial charge on any atom is 0.137 e. The van der Waals surface area contributed by atoms with Gasteiger partial charge in [-0.15, -0.1) is 0 Å². The minimum absolute atomic E-state index is 0.314. The summed E-state index contributed by atoms with van der Waals surface area (Å²) in [5, 5.41) is 0. The highest BCUT2D eigenvalue weighted by Crippen LogP contribution is 2.39.